The van der Waals surface area contributed by atoms with Gasteiger partial charge in [0.1, 0.15) is 11.4 Å². The van der Waals surface area contributed by atoms with Crippen molar-refractivity contribution >= 4 is 17.6 Å². The molecule has 0 spiro atoms. The van der Waals surface area contributed by atoms with Gasteiger partial charge >= 0.3 is 6.09 Å². The van der Waals surface area contributed by atoms with E-state index in [1.54, 1.807) is 6.20 Å². The van der Waals surface area contributed by atoms with Crippen LogP contribution in [-0.4, -0.2) is 51.9 Å². The van der Waals surface area contributed by atoms with Gasteiger partial charge in [-0.05, 0) is 57.2 Å². The van der Waals surface area contributed by atoms with Gasteiger partial charge in [0.25, 0.3) is 0 Å². The number of aromatic nitrogens is 2. The number of hydrogen-bond donors (Lipinski definition) is 3. The molecule has 0 saturated carbocycles. The molecule has 0 saturated heterocycles. The Hall–Kier alpha value is -3.13. The highest BCUT2D eigenvalue weighted by Crippen LogP contribution is 2.30. The Morgan fingerprint density at radius 1 is 1.14 bits per heavy atom. The van der Waals surface area contributed by atoms with Crippen molar-refractivity contribution in [3.8, 4) is 11.3 Å². The first-order chi connectivity index (χ1) is 16.6. The number of carbonyl (C=O) groups is 2. The van der Waals surface area contributed by atoms with Gasteiger partial charge in [0.05, 0.1) is 36.2 Å². The second-order valence-corrected chi connectivity index (χ2v) is 9.93. The summed E-state index contributed by atoms with van der Waals surface area (Å²) in [5.41, 5.74) is 2.20. The van der Waals surface area contributed by atoms with E-state index in [0.29, 0.717) is 12.2 Å². The molecule has 190 valence electrons. The summed E-state index contributed by atoms with van der Waals surface area (Å²) < 4.78 is 11.9. The van der Waals surface area contributed by atoms with Crippen molar-refractivity contribution in [2.24, 2.45) is 0 Å². The number of ether oxygens (including phenoxy) is 2. The van der Waals surface area contributed by atoms with E-state index in [9.17, 15) is 9.59 Å². The minimum absolute atomic E-state index is 0.0190. The van der Waals surface area contributed by atoms with Crippen molar-refractivity contribution in [1.29, 1.82) is 0 Å². The number of carbonyl (C=O) groups excluding carboxylic acids is 2. The minimum atomic E-state index is -0.641. The fourth-order valence-corrected chi connectivity index (χ4v) is 4.23. The molecule has 0 aliphatic heterocycles. The van der Waals surface area contributed by atoms with Gasteiger partial charge in [-0.15, -0.1) is 0 Å². The molecule has 35 heavy (non-hydrogen) atoms. The van der Waals surface area contributed by atoms with E-state index in [0.717, 1.165) is 29.7 Å². The smallest absolute Gasteiger partial charge is 0.407 e. The SMILES string of the molecule is CCC(CC)O[C@@H]1C=C(c2ncc(-c3ccccc3)[nH]2)C[C@H](NC(=O)OC(C)(C)C)[C@H]1NC(C)=O. The van der Waals surface area contributed by atoms with Crippen molar-refractivity contribution in [1.82, 2.24) is 20.6 Å². The lowest BCUT2D eigenvalue weighted by Crippen LogP contribution is -2.59. The molecule has 2 amide bonds. The van der Waals surface area contributed by atoms with E-state index < -0.39 is 29.9 Å². The van der Waals surface area contributed by atoms with Gasteiger partial charge in [-0.25, -0.2) is 9.78 Å². The zero-order valence-electron chi connectivity index (χ0n) is 21.6. The Bertz CT molecular complexity index is 1020. The number of nitrogens with one attached hydrogen (secondary N) is 3. The van der Waals surface area contributed by atoms with E-state index in [1.165, 1.54) is 6.92 Å². The summed E-state index contributed by atoms with van der Waals surface area (Å²) in [6.07, 6.45) is 4.98. The van der Waals surface area contributed by atoms with E-state index >= 15 is 0 Å². The number of H-pyrrole nitrogens is 1. The van der Waals surface area contributed by atoms with E-state index in [1.807, 2.05) is 57.2 Å². The predicted octanol–water partition coefficient (Wildman–Crippen LogP) is 4.84. The van der Waals surface area contributed by atoms with Crippen LogP contribution in [0, 0.1) is 0 Å². The Kier molecular flexibility index (Phi) is 8.72. The average molecular weight is 483 g/mol. The summed E-state index contributed by atoms with van der Waals surface area (Å²) in [6.45, 7) is 11.1. The molecular formula is C27H38N4O4. The van der Waals surface area contributed by atoms with Gasteiger partial charge in [-0.3, -0.25) is 4.79 Å². The lowest BCUT2D eigenvalue weighted by molar-refractivity contribution is -0.121. The molecule has 3 N–H and O–H groups in total. The first-order valence-electron chi connectivity index (χ1n) is 12.3. The molecule has 1 aromatic carbocycles. The zero-order chi connectivity index (χ0) is 25.6. The molecule has 0 radical (unpaired) electrons. The highest BCUT2D eigenvalue weighted by Gasteiger charge is 2.38. The van der Waals surface area contributed by atoms with Crippen molar-refractivity contribution < 1.29 is 19.1 Å². The van der Waals surface area contributed by atoms with E-state index in [2.05, 4.69) is 34.4 Å². The second-order valence-electron chi connectivity index (χ2n) is 9.93. The highest BCUT2D eigenvalue weighted by atomic mass is 16.6. The van der Waals surface area contributed by atoms with Gasteiger partial charge in [0.2, 0.25) is 5.91 Å². The Balaban J connectivity index is 1.95. The van der Waals surface area contributed by atoms with Crippen LogP contribution in [0.15, 0.2) is 42.6 Å². The summed E-state index contributed by atoms with van der Waals surface area (Å²) in [4.78, 5) is 32.8. The maximum Gasteiger partial charge on any atom is 0.407 e. The van der Waals surface area contributed by atoms with Crippen LogP contribution < -0.4 is 10.6 Å². The minimum Gasteiger partial charge on any atom is -0.444 e. The quantitative estimate of drug-likeness (QED) is 0.500. The maximum absolute atomic E-state index is 12.7. The first kappa shape index (κ1) is 26.5. The zero-order valence-corrected chi connectivity index (χ0v) is 21.6. The monoisotopic (exact) mass is 482 g/mol. The molecule has 3 rings (SSSR count). The van der Waals surface area contributed by atoms with E-state index in [-0.39, 0.29) is 12.0 Å². The van der Waals surface area contributed by atoms with Crippen molar-refractivity contribution in [2.45, 2.75) is 90.7 Å². The molecule has 0 unspecified atom stereocenters. The van der Waals surface area contributed by atoms with Crippen LogP contribution in [0.3, 0.4) is 0 Å². The van der Waals surface area contributed by atoms with Crippen LogP contribution in [0.1, 0.15) is 66.6 Å². The number of nitrogens with zero attached hydrogens (tertiary/aromatic N) is 1. The highest BCUT2D eigenvalue weighted by molar-refractivity contribution is 5.75. The normalized spacial score (nSPS) is 20.3. The summed E-state index contributed by atoms with van der Waals surface area (Å²) in [5, 5.41) is 5.97. The fourth-order valence-electron chi connectivity index (χ4n) is 4.23. The molecule has 1 aromatic heterocycles. The van der Waals surface area contributed by atoms with Crippen molar-refractivity contribution in [2.75, 3.05) is 0 Å². The van der Waals surface area contributed by atoms with Gasteiger partial charge in [0.15, 0.2) is 0 Å². The fraction of sp³-hybridized carbons (Fsp3) is 0.519. The third kappa shape index (κ3) is 7.42. The number of imidazole rings is 1. The number of alkyl carbamates (subject to hydrolysis) is 1. The van der Waals surface area contributed by atoms with Crippen LogP contribution >= 0.6 is 0 Å². The topological polar surface area (TPSA) is 105 Å². The molecule has 8 nitrogen and oxygen atoms in total. The molecule has 1 heterocycles. The third-order valence-electron chi connectivity index (χ3n) is 5.89. The maximum atomic E-state index is 12.7. The molecule has 2 aromatic rings. The third-order valence-corrected chi connectivity index (χ3v) is 5.89. The van der Waals surface area contributed by atoms with Gasteiger partial charge in [0, 0.05) is 6.92 Å². The standard InChI is InChI=1S/C27H38N4O4/c1-7-20(8-2)34-23-15-19(25-28-16-22(30-25)18-12-10-9-11-13-18)14-21(24(23)29-17(3)32)31-26(33)35-27(4,5)6/h9-13,15-16,20-21,23-24H,7-8,14H2,1-6H3,(H,28,30)(H,29,32)(H,31,33)/t21-,23+,24+/m0/s1. The average Bonchev–Trinajstić information content (AvgIpc) is 3.28. The number of amides is 2. The second kappa shape index (κ2) is 11.5. The number of hydrogen-bond acceptors (Lipinski definition) is 5. The van der Waals surface area contributed by atoms with Crippen molar-refractivity contribution in [3.63, 3.8) is 0 Å². The Labute approximate surface area is 207 Å². The van der Waals surface area contributed by atoms with Crippen LogP contribution in [0.2, 0.25) is 0 Å². The molecule has 3 atom stereocenters. The lowest BCUT2D eigenvalue weighted by atomic mass is 9.87. The van der Waals surface area contributed by atoms with Crippen molar-refractivity contribution in [3.05, 3.63) is 48.4 Å². The number of benzene rings is 1. The number of rotatable bonds is 8. The van der Waals surface area contributed by atoms with Crippen LogP contribution in [0.25, 0.3) is 16.8 Å². The summed E-state index contributed by atoms with van der Waals surface area (Å²) >= 11 is 0. The summed E-state index contributed by atoms with van der Waals surface area (Å²) in [6, 6.07) is 9.07. The van der Waals surface area contributed by atoms with Crippen LogP contribution in [0.4, 0.5) is 4.79 Å². The molecule has 8 heteroatoms. The summed E-state index contributed by atoms with van der Waals surface area (Å²) in [7, 11) is 0. The first-order valence-corrected chi connectivity index (χ1v) is 12.3. The Morgan fingerprint density at radius 3 is 2.43 bits per heavy atom. The number of aromatic amines is 1. The van der Waals surface area contributed by atoms with Crippen LogP contribution in [-0.2, 0) is 14.3 Å². The van der Waals surface area contributed by atoms with Gasteiger partial charge in [-0.2, -0.15) is 0 Å². The van der Waals surface area contributed by atoms with Crippen LogP contribution in [0.5, 0.6) is 0 Å². The Morgan fingerprint density at radius 2 is 1.83 bits per heavy atom. The summed E-state index contributed by atoms with van der Waals surface area (Å²) in [5.74, 6) is 0.518. The van der Waals surface area contributed by atoms with Gasteiger partial charge in [-0.1, -0.05) is 44.2 Å². The lowest BCUT2D eigenvalue weighted by Gasteiger charge is -2.39. The largest absolute Gasteiger partial charge is 0.444 e. The van der Waals surface area contributed by atoms with E-state index in [4.69, 9.17) is 9.47 Å². The van der Waals surface area contributed by atoms with Gasteiger partial charge < -0.3 is 25.1 Å². The molecule has 1 aliphatic carbocycles. The molecule has 1 aliphatic rings. The molecule has 0 fully saturated rings. The molecular weight excluding hydrogens is 444 g/mol. The molecule has 0 bridgehead atoms. The predicted molar refractivity (Wildman–Crippen MR) is 137 cm³/mol.